The van der Waals surface area contributed by atoms with Crippen molar-refractivity contribution in [2.45, 2.75) is 31.2 Å². The summed E-state index contributed by atoms with van der Waals surface area (Å²) in [6, 6.07) is 5.90. The van der Waals surface area contributed by atoms with Crippen LogP contribution in [-0.4, -0.2) is 12.6 Å². The standard InChI is InChI=1S/C14H17NO2/c1-16-11-2-3-13-12(8-11)10(9-17-13)4-5-14(15)6-7-14/h2-3,8-9H,4-7,15H2,1H3. The van der Waals surface area contributed by atoms with E-state index in [0.717, 1.165) is 42.4 Å². The monoisotopic (exact) mass is 231 g/mol. The number of benzene rings is 1. The molecule has 0 spiro atoms. The summed E-state index contributed by atoms with van der Waals surface area (Å²) in [7, 11) is 1.68. The zero-order valence-corrected chi connectivity index (χ0v) is 10.0. The Bertz CT molecular complexity index is 540. The van der Waals surface area contributed by atoms with Gasteiger partial charge in [0.05, 0.1) is 13.4 Å². The second kappa shape index (κ2) is 3.77. The molecule has 0 bridgehead atoms. The lowest BCUT2D eigenvalue weighted by Gasteiger charge is -2.06. The fourth-order valence-corrected chi connectivity index (χ4v) is 2.18. The number of nitrogens with two attached hydrogens (primary N) is 1. The van der Waals surface area contributed by atoms with Crippen LogP contribution < -0.4 is 10.5 Å². The Kier molecular flexibility index (Phi) is 2.37. The Morgan fingerprint density at radius 2 is 2.24 bits per heavy atom. The van der Waals surface area contributed by atoms with Crippen molar-refractivity contribution < 1.29 is 9.15 Å². The molecule has 3 rings (SSSR count). The van der Waals surface area contributed by atoms with Gasteiger partial charge in [0.15, 0.2) is 0 Å². The number of aryl methyl sites for hydroxylation is 1. The van der Waals surface area contributed by atoms with E-state index in [1.165, 1.54) is 5.56 Å². The predicted molar refractivity (Wildman–Crippen MR) is 67.2 cm³/mol. The van der Waals surface area contributed by atoms with Crippen molar-refractivity contribution in [2.75, 3.05) is 7.11 Å². The van der Waals surface area contributed by atoms with Crippen LogP contribution in [0.5, 0.6) is 5.75 Å². The summed E-state index contributed by atoms with van der Waals surface area (Å²) in [5.41, 5.74) is 8.36. The molecule has 90 valence electrons. The fraction of sp³-hybridized carbons (Fsp3) is 0.429. The van der Waals surface area contributed by atoms with Crippen molar-refractivity contribution in [3.8, 4) is 5.75 Å². The van der Waals surface area contributed by atoms with E-state index >= 15 is 0 Å². The van der Waals surface area contributed by atoms with Crippen LogP contribution in [0, 0.1) is 0 Å². The number of methoxy groups -OCH3 is 1. The quantitative estimate of drug-likeness (QED) is 0.880. The molecule has 2 aromatic rings. The Morgan fingerprint density at radius 3 is 2.94 bits per heavy atom. The van der Waals surface area contributed by atoms with Crippen LogP contribution in [0.1, 0.15) is 24.8 Å². The van der Waals surface area contributed by atoms with Gasteiger partial charge in [-0.15, -0.1) is 0 Å². The lowest BCUT2D eigenvalue weighted by atomic mass is 10.0. The molecule has 0 saturated heterocycles. The minimum atomic E-state index is 0.0997. The number of ether oxygens (including phenoxy) is 1. The Labute approximate surface area is 101 Å². The summed E-state index contributed by atoms with van der Waals surface area (Å²) >= 11 is 0. The number of hydrogen-bond acceptors (Lipinski definition) is 3. The highest BCUT2D eigenvalue weighted by molar-refractivity contribution is 5.82. The van der Waals surface area contributed by atoms with Gasteiger partial charge < -0.3 is 14.9 Å². The van der Waals surface area contributed by atoms with Crippen LogP contribution in [0.4, 0.5) is 0 Å². The molecule has 1 heterocycles. The highest BCUT2D eigenvalue weighted by Crippen LogP contribution is 2.37. The van der Waals surface area contributed by atoms with E-state index in [4.69, 9.17) is 14.9 Å². The first-order chi connectivity index (χ1) is 8.20. The van der Waals surface area contributed by atoms with Crippen molar-refractivity contribution in [2.24, 2.45) is 5.73 Å². The van der Waals surface area contributed by atoms with Gasteiger partial charge in [0.25, 0.3) is 0 Å². The smallest absolute Gasteiger partial charge is 0.134 e. The number of hydrogen-bond donors (Lipinski definition) is 1. The molecule has 0 atom stereocenters. The molecule has 0 unspecified atom stereocenters. The van der Waals surface area contributed by atoms with E-state index in [2.05, 4.69) is 0 Å². The molecule has 0 aliphatic heterocycles. The normalized spacial score (nSPS) is 17.3. The van der Waals surface area contributed by atoms with Gasteiger partial charge in [-0.2, -0.15) is 0 Å². The molecule has 1 aliphatic rings. The Balaban J connectivity index is 1.87. The molecule has 1 saturated carbocycles. The van der Waals surface area contributed by atoms with Crippen molar-refractivity contribution in [3.05, 3.63) is 30.0 Å². The second-order valence-corrected chi connectivity index (χ2v) is 4.99. The lowest BCUT2D eigenvalue weighted by Crippen LogP contribution is -2.21. The Hall–Kier alpha value is -1.48. The van der Waals surface area contributed by atoms with E-state index in [0.29, 0.717) is 0 Å². The molecular formula is C14H17NO2. The lowest BCUT2D eigenvalue weighted by molar-refractivity contribution is 0.415. The summed E-state index contributed by atoms with van der Waals surface area (Å²) in [5, 5.41) is 1.15. The Morgan fingerprint density at radius 1 is 1.41 bits per heavy atom. The largest absolute Gasteiger partial charge is 0.497 e. The van der Waals surface area contributed by atoms with Crippen molar-refractivity contribution in [1.82, 2.24) is 0 Å². The predicted octanol–water partition coefficient (Wildman–Crippen LogP) is 2.87. The van der Waals surface area contributed by atoms with E-state index in [9.17, 15) is 0 Å². The molecule has 1 fully saturated rings. The van der Waals surface area contributed by atoms with Gasteiger partial charge in [-0.25, -0.2) is 0 Å². The summed E-state index contributed by atoms with van der Waals surface area (Å²) in [6.07, 6.45) is 6.18. The van der Waals surface area contributed by atoms with Crippen LogP contribution in [0.3, 0.4) is 0 Å². The zero-order valence-electron chi connectivity index (χ0n) is 10.0. The number of furan rings is 1. The van der Waals surface area contributed by atoms with Crippen LogP contribution >= 0.6 is 0 Å². The molecule has 17 heavy (non-hydrogen) atoms. The molecular weight excluding hydrogens is 214 g/mol. The first kappa shape index (κ1) is 10.7. The van der Waals surface area contributed by atoms with Crippen LogP contribution in [0.25, 0.3) is 11.0 Å². The van der Waals surface area contributed by atoms with Crippen LogP contribution in [-0.2, 0) is 6.42 Å². The van der Waals surface area contributed by atoms with Crippen molar-refractivity contribution in [3.63, 3.8) is 0 Å². The zero-order chi connectivity index (χ0) is 11.9. The molecule has 1 aromatic carbocycles. The molecule has 0 radical (unpaired) electrons. The van der Waals surface area contributed by atoms with Crippen molar-refractivity contribution in [1.29, 1.82) is 0 Å². The van der Waals surface area contributed by atoms with E-state index < -0.39 is 0 Å². The van der Waals surface area contributed by atoms with Crippen LogP contribution in [0.2, 0.25) is 0 Å². The highest BCUT2D eigenvalue weighted by atomic mass is 16.5. The third-order valence-corrected chi connectivity index (χ3v) is 3.65. The van der Waals surface area contributed by atoms with Crippen molar-refractivity contribution >= 4 is 11.0 Å². The minimum absolute atomic E-state index is 0.0997. The molecule has 0 amide bonds. The van der Waals surface area contributed by atoms with Gasteiger partial charge in [0, 0.05) is 10.9 Å². The molecule has 3 nitrogen and oxygen atoms in total. The van der Waals surface area contributed by atoms with Gasteiger partial charge >= 0.3 is 0 Å². The summed E-state index contributed by atoms with van der Waals surface area (Å²) < 4.78 is 10.8. The third-order valence-electron chi connectivity index (χ3n) is 3.65. The average molecular weight is 231 g/mol. The van der Waals surface area contributed by atoms with Gasteiger partial charge in [0.1, 0.15) is 11.3 Å². The maximum Gasteiger partial charge on any atom is 0.134 e. The van der Waals surface area contributed by atoms with Gasteiger partial charge in [-0.1, -0.05) is 0 Å². The third kappa shape index (κ3) is 2.03. The molecule has 2 N–H and O–H groups in total. The summed E-state index contributed by atoms with van der Waals surface area (Å²) in [5.74, 6) is 0.869. The topological polar surface area (TPSA) is 48.4 Å². The second-order valence-electron chi connectivity index (χ2n) is 4.99. The first-order valence-corrected chi connectivity index (χ1v) is 6.03. The maximum absolute atomic E-state index is 6.11. The molecule has 1 aromatic heterocycles. The van der Waals surface area contributed by atoms with Gasteiger partial charge in [-0.3, -0.25) is 0 Å². The minimum Gasteiger partial charge on any atom is -0.497 e. The van der Waals surface area contributed by atoms with Crippen LogP contribution in [0.15, 0.2) is 28.9 Å². The number of rotatable bonds is 4. The fourth-order valence-electron chi connectivity index (χ4n) is 2.18. The SMILES string of the molecule is COc1ccc2occ(CCC3(N)CC3)c2c1. The van der Waals surface area contributed by atoms with Gasteiger partial charge in [-0.05, 0) is 49.4 Å². The molecule has 3 heteroatoms. The van der Waals surface area contributed by atoms with E-state index in [1.54, 1.807) is 7.11 Å². The highest BCUT2D eigenvalue weighted by Gasteiger charge is 2.37. The summed E-state index contributed by atoms with van der Waals surface area (Å²) in [6.45, 7) is 0. The van der Waals surface area contributed by atoms with Gasteiger partial charge in [0.2, 0.25) is 0 Å². The van der Waals surface area contributed by atoms with E-state index in [-0.39, 0.29) is 5.54 Å². The maximum atomic E-state index is 6.11. The summed E-state index contributed by atoms with van der Waals surface area (Å²) in [4.78, 5) is 0. The first-order valence-electron chi connectivity index (χ1n) is 6.03. The van der Waals surface area contributed by atoms with E-state index in [1.807, 2.05) is 24.5 Å². The molecule has 1 aliphatic carbocycles. The average Bonchev–Trinajstić information content (AvgIpc) is 2.95. The number of fused-ring (bicyclic) bond motifs is 1.